The molecule has 3 aliphatic rings. The number of benzene rings is 2. The molecule has 38 heavy (non-hydrogen) atoms. The normalized spacial score (nSPS) is 21.6. The van der Waals surface area contributed by atoms with E-state index >= 15 is 0 Å². The summed E-state index contributed by atoms with van der Waals surface area (Å²) in [6.07, 6.45) is 4.08. The molecule has 2 saturated heterocycles. The molecule has 9 nitrogen and oxygen atoms in total. The van der Waals surface area contributed by atoms with Crippen LogP contribution in [0.25, 0.3) is 0 Å². The molecule has 1 aromatic heterocycles. The zero-order valence-electron chi connectivity index (χ0n) is 21.6. The van der Waals surface area contributed by atoms with Gasteiger partial charge in [-0.1, -0.05) is 38.1 Å². The van der Waals surface area contributed by atoms with Crippen LogP contribution in [0.1, 0.15) is 37.8 Å². The highest BCUT2D eigenvalue weighted by atomic mass is 16.5. The van der Waals surface area contributed by atoms with E-state index in [0.717, 1.165) is 48.9 Å². The molecular formula is C29H32N4O5. The van der Waals surface area contributed by atoms with Crippen LogP contribution in [0.5, 0.6) is 17.5 Å². The van der Waals surface area contributed by atoms with Gasteiger partial charge >= 0.3 is 12.1 Å². The Morgan fingerprint density at radius 3 is 2.11 bits per heavy atom. The average molecular weight is 517 g/mol. The summed E-state index contributed by atoms with van der Waals surface area (Å²) in [5, 5.41) is 11.3. The van der Waals surface area contributed by atoms with Crippen molar-refractivity contribution in [2.75, 3.05) is 31.2 Å². The summed E-state index contributed by atoms with van der Waals surface area (Å²) in [6, 6.07) is 16.5. The Labute approximate surface area is 221 Å². The van der Waals surface area contributed by atoms with Crippen LogP contribution >= 0.6 is 0 Å². The van der Waals surface area contributed by atoms with E-state index in [1.54, 1.807) is 0 Å². The molecular weight excluding hydrogens is 484 g/mol. The molecule has 1 aliphatic carbocycles. The van der Waals surface area contributed by atoms with E-state index in [4.69, 9.17) is 19.3 Å². The quantitative estimate of drug-likeness (QED) is 0.447. The van der Waals surface area contributed by atoms with Gasteiger partial charge in [-0.05, 0) is 35.4 Å². The molecule has 198 valence electrons. The van der Waals surface area contributed by atoms with Crippen molar-refractivity contribution >= 4 is 11.8 Å². The Morgan fingerprint density at radius 1 is 1.00 bits per heavy atom. The number of ether oxygens (including phenoxy) is 3. The van der Waals surface area contributed by atoms with Crippen LogP contribution < -0.4 is 19.7 Å². The summed E-state index contributed by atoms with van der Waals surface area (Å²) in [6.45, 7) is 8.07. The van der Waals surface area contributed by atoms with Crippen LogP contribution in [0.15, 0.2) is 60.9 Å². The molecule has 1 saturated carbocycles. The van der Waals surface area contributed by atoms with Crippen molar-refractivity contribution in [1.82, 2.24) is 15.3 Å². The molecule has 3 heterocycles. The van der Waals surface area contributed by atoms with Gasteiger partial charge in [0.2, 0.25) is 0 Å². The third kappa shape index (κ3) is 4.86. The topological polar surface area (TPSA) is 106 Å². The molecule has 1 spiro atoms. The van der Waals surface area contributed by atoms with Gasteiger partial charge in [0.25, 0.3) is 0 Å². The third-order valence-electron chi connectivity index (χ3n) is 7.94. The van der Waals surface area contributed by atoms with E-state index < -0.39 is 6.09 Å². The van der Waals surface area contributed by atoms with Crippen molar-refractivity contribution < 1.29 is 24.1 Å². The van der Waals surface area contributed by atoms with Gasteiger partial charge in [-0.25, -0.2) is 14.8 Å². The molecule has 1 amide bonds. The lowest BCUT2D eigenvalue weighted by Gasteiger charge is -2.55. The molecule has 2 N–H and O–H groups in total. The minimum Gasteiger partial charge on any atom is -0.490 e. The fraction of sp³-hybridized carbons (Fsp3) is 0.414. The zero-order chi connectivity index (χ0) is 26.3. The number of hydrogen-bond donors (Lipinski definition) is 2. The molecule has 0 bridgehead atoms. The summed E-state index contributed by atoms with van der Waals surface area (Å²) in [4.78, 5) is 21.8. The van der Waals surface area contributed by atoms with Crippen molar-refractivity contribution in [2.45, 2.75) is 44.2 Å². The molecule has 9 heteroatoms. The summed E-state index contributed by atoms with van der Waals surface area (Å²) in [7, 11) is 0. The van der Waals surface area contributed by atoms with Crippen molar-refractivity contribution in [3.63, 3.8) is 0 Å². The van der Waals surface area contributed by atoms with Gasteiger partial charge < -0.3 is 29.5 Å². The predicted octanol–water partition coefficient (Wildman–Crippen LogP) is 4.61. The average Bonchev–Trinajstić information content (AvgIpc) is 2.82. The molecule has 0 unspecified atom stereocenters. The van der Waals surface area contributed by atoms with E-state index in [1.165, 1.54) is 0 Å². The Kier molecular flexibility index (Phi) is 6.10. The molecule has 0 radical (unpaired) electrons. The standard InChI is InChI=1S/C29H32N4O5/c1-28(2,19-3-7-23(8-4-19)37-25-11-21(12-25)32-27(34)35)20-5-9-24(10-6-20)38-26-30-13-22(14-31-26)33-15-29(16-33)17-36-18-29/h3-10,13-14,21,25,32H,11-12,15-18H2,1-2H3,(H,34,35)/t21-,25-. The van der Waals surface area contributed by atoms with Crippen LogP contribution in [0.4, 0.5) is 10.5 Å². The third-order valence-corrected chi connectivity index (χ3v) is 7.94. The molecule has 6 rings (SSSR count). The van der Waals surface area contributed by atoms with Gasteiger partial charge in [-0.2, -0.15) is 0 Å². The van der Waals surface area contributed by atoms with Crippen molar-refractivity contribution in [3.8, 4) is 17.5 Å². The van der Waals surface area contributed by atoms with Gasteiger partial charge in [0.05, 0.1) is 36.7 Å². The second-order valence-electron chi connectivity index (χ2n) is 11.2. The Balaban J connectivity index is 1.03. The number of aromatic nitrogens is 2. The minimum absolute atomic E-state index is 0.0191. The van der Waals surface area contributed by atoms with E-state index in [0.29, 0.717) is 30.0 Å². The summed E-state index contributed by atoms with van der Waals surface area (Å²) in [5.41, 5.74) is 3.46. The fourth-order valence-corrected chi connectivity index (χ4v) is 5.35. The molecule has 2 aliphatic heterocycles. The number of hydrogen-bond acceptors (Lipinski definition) is 7. The maximum absolute atomic E-state index is 10.7. The van der Waals surface area contributed by atoms with Gasteiger partial charge in [-0.15, -0.1) is 0 Å². The molecule has 3 aromatic rings. The largest absolute Gasteiger partial charge is 0.490 e. The van der Waals surface area contributed by atoms with Crippen LogP contribution in [0.3, 0.4) is 0 Å². The van der Waals surface area contributed by atoms with Crippen molar-refractivity contribution in [1.29, 1.82) is 0 Å². The minimum atomic E-state index is -0.984. The Bertz CT molecular complexity index is 1280. The zero-order valence-corrected chi connectivity index (χ0v) is 21.6. The lowest BCUT2D eigenvalue weighted by atomic mass is 9.78. The summed E-state index contributed by atoms with van der Waals surface area (Å²) < 4.78 is 17.2. The number of nitrogens with one attached hydrogen (secondary N) is 1. The van der Waals surface area contributed by atoms with Crippen LogP contribution in [0, 0.1) is 5.41 Å². The first kappa shape index (κ1) is 24.5. The van der Waals surface area contributed by atoms with E-state index in [-0.39, 0.29) is 17.6 Å². The first-order valence-corrected chi connectivity index (χ1v) is 13.0. The lowest BCUT2D eigenvalue weighted by Crippen LogP contribution is -2.66. The van der Waals surface area contributed by atoms with Crippen LogP contribution in [-0.2, 0) is 10.2 Å². The SMILES string of the molecule is CC(C)(c1ccc(Oc2ncc(N3CC4(COC4)C3)cn2)cc1)c1ccc(O[C@H]2C[C@H](NC(=O)O)C2)cc1. The molecule has 0 atom stereocenters. The monoisotopic (exact) mass is 516 g/mol. The smallest absolute Gasteiger partial charge is 0.404 e. The van der Waals surface area contributed by atoms with E-state index in [2.05, 4.69) is 58.3 Å². The lowest BCUT2D eigenvalue weighted by molar-refractivity contribution is -0.127. The number of carboxylic acid groups (broad SMARTS) is 1. The van der Waals surface area contributed by atoms with E-state index in [9.17, 15) is 4.79 Å². The molecule has 3 fully saturated rings. The Morgan fingerprint density at radius 2 is 1.58 bits per heavy atom. The number of carbonyl (C=O) groups is 1. The predicted molar refractivity (Wildman–Crippen MR) is 141 cm³/mol. The first-order valence-electron chi connectivity index (χ1n) is 13.0. The highest BCUT2D eigenvalue weighted by molar-refractivity contribution is 5.65. The first-order chi connectivity index (χ1) is 18.3. The van der Waals surface area contributed by atoms with Crippen molar-refractivity contribution in [2.24, 2.45) is 5.41 Å². The highest BCUT2D eigenvalue weighted by Gasteiger charge is 2.49. The Hall–Kier alpha value is -3.85. The summed E-state index contributed by atoms with van der Waals surface area (Å²) in [5.74, 6) is 1.48. The maximum atomic E-state index is 10.7. The maximum Gasteiger partial charge on any atom is 0.404 e. The van der Waals surface area contributed by atoms with Crippen LogP contribution in [-0.4, -0.2) is 59.6 Å². The van der Waals surface area contributed by atoms with Gasteiger partial charge in [0, 0.05) is 37.4 Å². The second kappa shape index (κ2) is 9.47. The van der Waals surface area contributed by atoms with Gasteiger partial charge in [0.1, 0.15) is 17.6 Å². The summed E-state index contributed by atoms with van der Waals surface area (Å²) >= 11 is 0. The fourth-order valence-electron chi connectivity index (χ4n) is 5.35. The van der Waals surface area contributed by atoms with Crippen LogP contribution in [0.2, 0.25) is 0 Å². The van der Waals surface area contributed by atoms with Gasteiger partial charge in [-0.3, -0.25) is 0 Å². The number of anilines is 1. The number of nitrogens with zero attached hydrogens (tertiary/aromatic N) is 3. The van der Waals surface area contributed by atoms with Crippen molar-refractivity contribution in [3.05, 3.63) is 72.1 Å². The number of rotatable bonds is 8. The number of amides is 1. The molecule has 2 aromatic carbocycles. The van der Waals surface area contributed by atoms with E-state index in [1.807, 2.05) is 36.7 Å². The second-order valence-corrected chi connectivity index (χ2v) is 11.2. The van der Waals surface area contributed by atoms with Gasteiger partial charge in [0.15, 0.2) is 0 Å². The highest BCUT2D eigenvalue weighted by Crippen LogP contribution is 2.40.